The monoisotopic (exact) mass is 330 g/mol. The summed E-state index contributed by atoms with van der Waals surface area (Å²) < 4.78 is 11.0. The van der Waals surface area contributed by atoms with E-state index in [4.69, 9.17) is 4.74 Å². The van der Waals surface area contributed by atoms with Gasteiger partial charge in [0.15, 0.2) is 0 Å². The van der Waals surface area contributed by atoms with Crippen LogP contribution in [0.3, 0.4) is 0 Å². The van der Waals surface area contributed by atoms with Crippen molar-refractivity contribution in [3.8, 4) is 0 Å². The van der Waals surface area contributed by atoms with E-state index in [0.717, 1.165) is 12.0 Å². The first kappa shape index (κ1) is 18.7. The largest absolute Gasteiger partial charge is 0.466 e. The maximum Gasteiger partial charge on any atom is 0.330 e. The van der Waals surface area contributed by atoms with E-state index in [1.54, 1.807) is 0 Å². The maximum absolute atomic E-state index is 11.2. The maximum atomic E-state index is 11.2. The number of allylic oxidation sites excluding steroid dienone is 4. The lowest BCUT2D eigenvalue weighted by molar-refractivity contribution is -0.134. The fraction of sp³-hybridized carbons (Fsp3) is 0.571. The molecule has 0 aromatic carbocycles. The van der Waals surface area contributed by atoms with Crippen molar-refractivity contribution in [1.82, 2.24) is 0 Å². The summed E-state index contributed by atoms with van der Waals surface area (Å²) in [5.41, 5.74) is 3.59. The average molecular weight is 330 g/mol. The van der Waals surface area contributed by atoms with Crippen LogP contribution in [0.5, 0.6) is 0 Å². The first-order valence-corrected chi connectivity index (χ1v) is 8.70. The van der Waals surface area contributed by atoms with Gasteiger partial charge in [0.05, 0.1) is 18.8 Å². The Morgan fingerprint density at radius 2 is 2.00 bits per heavy atom. The molecule has 0 aromatic heterocycles. The molecule has 2 unspecified atom stereocenters. The highest BCUT2D eigenvalue weighted by Gasteiger charge is 2.47. The zero-order valence-corrected chi connectivity index (χ0v) is 15.8. The molecule has 0 N–H and O–H groups in total. The predicted molar refractivity (Wildman–Crippen MR) is 97.7 cm³/mol. The molecule has 1 fully saturated rings. The fourth-order valence-corrected chi connectivity index (χ4v) is 3.81. The second-order valence-corrected chi connectivity index (χ2v) is 7.77. The summed E-state index contributed by atoms with van der Waals surface area (Å²) in [6.45, 7) is 10.8. The van der Waals surface area contributed by atoms with Gasteiger partial charge in [-0.15, -0.1) is 0 Å². The standard InChI is InChI=1S/C21H30O3/c1-15(13-19(22)23-6)9-7-10-16(2)17-14-18-20(3,4)11-8-12-21(18,5)24-17/h7,9-10,13-14,17H,8,11-12H2,1-6H3/b9-7+,15-13+,16-10-. The second-order valence-electron chi connectivity index (χ2n) is 7.77. The quantitative estimate of drug-likeness (QED) is 0.318. The molecule has 1 heterocycles. The van der Waals surface area contributed by atoms with Gasteiger partial charge in [-0.05, 0) is 68.2 Å². The SMILES string of the molecule is COC(=O)/C=C(C)/C=C/C=C(/C)C1C=C2C(C)(C)CCCC2(C)O1. The molecule has 3 heteroatoms. The highest BCUT2D eigenvalue weighted by atomic mass is 16.5. The van der Waals surface area contributed by atoms with E-state index < -0.39 is 0 Å². The molecule has 2 aliphatic rings. The molecular formula is C21H30O3. The lowest BCUT2D eigenvalue weighted by Gasteiger charge is -2.42. The van der Waals surface area contributed by atoms with E-state index in [9.17, 15) is 4.79 Å². The first-order valence-electron chi connectivity index (χ1n) is 8.70. The molecule has 0 bridgehead atoms. The van der Waals surface area contributed by atoms with Crippen molar-refractivity contribution in [2.45, 2.75) is 65.6 Å². The number of methoxy groups -OCH3 is 1. The molecule has 0 spiro atoms. The van der Waals surface area contributed by atoms with Gasteiger partial charge in [-0.3, -0.25) is 0 Å². The Hall–Kier alpha value is -1.61. The second kappa shape index (κ2) is 7.10. The van der Waals surface area contributed by atoms with Crippen LogP contribution in [0.25, 0.3) is 0 Å². The van der Waals surface area contributed by atoms with Crippen molar-refractivity contribution >= 4 is 5.97 Å². The number of ether oxygens (including phenoxy) is 2. The Morgan fingerprint density at radius 3 is 2.62 bits per heavy atom. The summed E-state index contributed by atoms with van der Waals surface area (Å²) in [6.07, 6.45) is 13.3. The van der Waals surface area contributed by atoms with E-state index in [1.165, 1.54) is 37.2 Å². The van der Waals surface area contributed by atoms with E-state index in [2.05, 4.69) is 44.6 Å². The number of rotatable bonds is 4. The van der Waals surface area contributed by atoms with Gasteiger partial charge < -0.3 is 9.47 Å². The van der Waals surface area contributed by atoms with Crippen molar-refractivity contribution in [2.24, 2.45) is 5.41 Å². The van der Waals surface area contributed by atoms with Gasteiger partial charge in [0.25, 0.3) is 0 Å². The number of carbonyl (C=O) groups is 1. The fourth-order valence-electron chi connectivity index (χ4n) is 3.81. The summed E-state index contributed by atoms with van der Waals surface area (Å²) in [5, 5.41) is 0. The first-order chi connectivity index (χ1) is 11.2. The summed E-state index contributed by atoms with van der Waals surface area (Å²) in [7, 11) is 1.38. The smallest absolute Gasteiger partial charge is 0.330 e. The highest BCUT2D eigenvalue weighted by Crippen LogP contribution is 2.51. The molecule has 1 aliphatic heterocycles. The molecule has 24 heavy (non-hydrogen) atoms. The molecule has 0 saturated heterocycles. The van der Waals surface area contributed by atoms with Crippen LogP contribution in [0.15, 0.2) is 47.1 Å². The van der Waals surface area contributed by atoms with Crippen molar-refractivity contribution in [3.63, 3.8) is 0 Å². The third-order valence-corrected chi connectivity index (χ3v) is 5.17. The van der Waals surface area contributed by atoms with Crippen LogP contribution in [0.2, 0.25) is 0 Å². The molecule has 0 aromatic rings. The molecule has 1 aliphatic carbocycles. The Kier molecular flexibility index (Phi) is 5.54. The zero-order valence-electron chi connectivity index (χ0n) is 15.8. The predicted octanol–water partition coefficient (Wildman–Crippen LogP) is 4.90. The minimum Gasteiger partial charge on any atom is -0.466 e. The van der Waals surface area contributed by atoms with Gasteiger partial charge in [0, 0.05) is 6.08 Å². The summed E-state index contributed by atoms with van der Waals surface area (Å²) >= 11 is 0. The number of esters is 1. The number of hydrogen-bond donors (Lipinski definition) is 0. The van der Waals surface area contributed by atoms with Crippen molar-refractivity contribution in [1.29, 1.82) is 0 Å². The van der Waals surface area contributed by atoms with E-state index in [-0.39, 0.29) is 23.1 Å². The van der Waals surface area contributed by atoms with Crippen molar-refractivity contribution in [2.75, 3.05) is 7.11 Å². The zero-order chi connectivity index (χ0) is 18.0. The number of carbonyl (C=O) groups excluding carboxylic acids is 1. The third-order valence-electron chi connectivity index (χ3n) is 5.17. The van der Waals surface area contributed by atoms with Gasteiger partial charge in [0.1, 0.15) is 0 Å². The van der Waals surface area contributed by atoms with Crippen LogP contribution in [-0.2, 0) is 14.3 Å². The molecule has 132 valence electrons. The average Bonchev–Trinajstić information content (AvgIpc) is 2.86. The summed E-state index contributed by atoms with van der Waals surface area (Å²) in [5.74, 6) is -0.332. The third kappa shape index (κ3) is 4.07. The molecule has 0 amide bonds. The van der Waals surface area contributed by atoms with Gasteiger partial charge in [-0.2, -0.15) is 0 Å². The lowest BCUT2D eigenvalue weighted by Crippen LogP contribution is -2.39. The minimum atomic E-state index is -0.332. The topological polar surface area (TPSA) is 35.5 Å². The Bertz CT molecular complexity index is 619. The van der Waals surface area contributed by atoms with Gasteiger partial charge in [-0.25, -0.2) is 4.79 Å². The molecule has 2 rings (SSSR count). The lowest BCUT2D eigenvalue weighted by atomic mass is 9.67. The minimum absolute atomic E-state index is 0.0388. The van der Waals surface area contributed by atoms with Crippen LogP contribution in [0, 0.1) is 5.41 Å². The van der Waals surface area contributed by atoms with Crippen LogP contribution in [0.4, 0.5) is 0 Å². The Balaban J connectivity index is 2.11. The van der Waals surface area contributed by atoms with E-state index >= 15 is 0 Å². The normalized spacial score (nSPS) is 30.2. The molecular weight excluding hydrogens is 300 g/mol. The van der Waals surface area contributed by atoms with E-state index in [0.29, 0.717) is 0 Å². The highest BCUT2D eigenvalue weighted by molar-refractivity contribution is 5.83. The molecule has 1 saturated carbocycles. The number of fused-ring (bicyclic) bond motifs is 1. The number of hydrogen-bond acceptors (Lipinski definition) is 3. The van der Waals surface area contributed by atoms with E-state index in [1.807, 2.05) is 19.1 Å². The Labute approximate surface area is 146 Å². The molecule has 2 atom stereocenters. The summed E-state index contributed by atoms with van der Waals surface area (Å²) in [6, 6.07) is 0. The summed E-state index contributed by atoms with van der Waals surface area (Å²) in [4.78, 5) is 11.2. The van der Waals surface area contributed by atoms with Gasteiger partial charge in [-0.1, -0.05) is 32.1 Å². The van der Waals surface area contributed by atoms with Crippen LogP contribution in [0.1, 0.15) is 53.9 Å². The van der Waals surface area contributed by atoms with Gasteiger partial charge >= 0.3 is 5.97 Å². The van der Waals surface area contributed by atoms with Crippen molar-refractivity contribution in [3.05, 3.63) is 47.1 Å². The van der Waals surface area contributed by atoms with Crippen molar-refractivity contribution < 1.29 is 14.3 Å². The van der Waals surface area contributed by atoms with Crippen LogP contribution >= 0.6 is 0 Å². The van der Waals surface area contributed by atoms with Crippen LogP contribution < -0.4 is 0 Å². The van der Waals surface area contributed by atoms with Crippen LogP contribution in [-0.4, -0.2) is 24.8 Å². The Morgan fingerprint density at radius 1 is 1.29 bits per heavy atom. The van der Waals surface area contributed by atoms with Gasteiger partial charge in [0.2, 0.25) is 0 Å². The molecule has 0 radical (unpaired) electrons. The molecule has 3 nitrogen and oxygen atoms in total.